The Kier molecular flexibility index (Phi) is 6.79. The van der Waals surface area contributed by atoms with E-state index in [2.05, 4.69) is 5.32 Å². The second-order valence-electron chi connectivity index (χ2n) is 6.35. The maximum Gasteiger partial charge on any atom is 0.282 e. The molecule has 2 aromatic rings. The lowest BCUT2D eigenvalue weighted by Gasteiger charge is -2.22. The minimum Gasteiger partial charge on any atom is -0.497 e. The molecule has 4 N–H and O–H groups in total. The standard InChI is InChI=1S/C20H25N3O4/c1-13(20(25)22-16-8-5-14(6-9-16)19(21)24)23(2)12-15-7-10-17(26-3)11-18(15)27-4/h5-11,13H,12H2,1-4H3,(H2,21,24)(H,22,25)/p+1/t13-/m0/s1. The molecule has 27 heavy (non-hydrogen) atoms. The molecule has 7 nitrogen and oxygen atoms in total. The minimum absolute atomic E-state index is 0.119. The summed E-state index contributed by atoms with van der Waals surface area (Å²) in [6, 6.07) is 11.8. The van der Waals surface area contributed by atoms with E-state index in [9.17, 15) is 9.59 Å². The zero-order valence-corrected chi connectivity index (χ0v) is 16.0. The zero-order valence-electron chi connectivity index (χ0n) is 16.0. The Morgan fingerprint density at radius 1 is 1.11 bits per heavy atom. The van der Waals surface area contributed by atoms with Crippen LogP contribution in [0.1, 0.15) is 22.8 Å². The maximum absolute atomic E-state index is 12.5. The molecule has 2 aromatic carbocycles. The molecule has 0 aromatic heterocycles. The SMILES string of the molecule is COc1ccc(C[NH+](C)[C@@H](C)C(=O)Nc2ccc(C(N)=O)cc2)c(OC)c1. The van der Waals surface area contributed by atoms with E-state index in [1.165, 1.54) is 0 Å². The van der Waals surface area contributed by atoms with Gasteiger partial charge in [0, 0.05) is 22.9 Å². The summed E-state index contributed by atoms with van der Waals surface area (Å²) in [6.07, 6.45) is 0. The first-order chi connectivity index (χ1) is 12.8. The Labute approximate surface area is 159 Å². The summed E-state index contributed by atoms with van der Waals surface area (Å²) in [5.41, 5.74) is 7.22. The van der Waals surface area contributed by atoms with Gasteiger partial charge in [0.15, 0.2) is 6.04 Å². The Hall–Kier alpha value is -3.06. The van der Waals surface area contributed by atoms with Crippen LogP contribution in [0.25, 0.3) is 0 Å². The highest BCUT2D eigenvalue weighted by Gasteiger charge is 2.23. The maximum atomic E-state index is 12.5. The number of carbonyl (C=O) groups is 2. The van der Waals surface area contributed by atoms with Crippen molar-refractivity contribution in [2.24, 2.45) is 5.73 Å². The van der Waals surface area contributed by atoms with Crippen LogP contribution in [0.2, 0.25) is 0 Å². The molecular formula is C20H26N3O4+. The number of carbonyl (C=O) groups excluding carboxylic acids is 2. The number of ether oxygens (including phenoxy) is 2. The van der Waals surface area contributed by atoms with Gasteiger partial charge in [-0.2, -0.15) is 0 Å². The third-order valence-electron chi connectivity index (χ3n) is 4.53. The summed E-state index contributed by atoms with van der Waals surface area (Å²) in [5.74, 6) is 0.826. The van der Waals surface area contributed by atoms with E-state index >= 15 is 0 Å². The van der Waals surface area contributed by atoms with Crippen molar-refractivity contribution in [2.75, 3.05) is 26.6 Å². The minimum atomic E-state index is -0.501. The van der Waals surface area contributed by atoms with Gasteiger partial charge in [0.25, 0.3) is 5.91 Å². The van der Waals surface area contributed by atoms with Crippen molar-refractivity contribution in [2.45, 2.75) is 19.5 Å². The topological polar surface area (TPSA) is 95.1 Å². The van der Waals surface area contributed by atoms with Gasteiger partial charge in [-0.05, 0) is 43.3 Å². The average Bonchev–Trinajstić information content (AvgIpc) is 2.67. The van der Waals surface area contributed by atoms with Crippen molar-refractivity contribution in [1.29, 1.82) is 0 Å². The number of methoxy groups -OCH3 is 2. The summed E-state index contributed by atoms with van der Waals surface area (Å²) in [4.78, 5) is 24.7. The van der Waals surface area contributed by atoms with Crippen molar-refractivity contribution in [3.05, 3.63) is 53.6 Å². The summed E-state index contributed by atoms with van der Waals surface area (Å²) in [7, 11) is 5.16. The molecule has 1 unspecified atom stereocenters. The van der Waals surface area contributed by atoms with E-state index in [1.807, 2.05) is 32.2 Å². The number of anilines is 1. The van der Waals surface area contributed by atoms with Crippen LogP contribution in [-0.4, -0.2) is 39.1 Å². The Morgan fingerprint density at radius 2 is 1.78 bits per heavy atom. The first kappa shape index (κ1) is 20.3. The van der Waals surface area contributed by atoms with Gasteiger partial charge in [-0.25, -0.2) is 0 Å². The number of likely N-dealkylation sites (N-methyl/N-ethyl adjacent to an activating group) is 1. The summed E-state index contributed by atoms with van der Waals surface area (Å²) >= 11 is 0. The number of primary amides is 1. The lowest BCUT2D eigenvalue weighted by Crippen LogP contribution is -3.12. The quantitative estimate of drug-likeness (QED) is 0.640. The molecule has 0 aliphatic rings. The van der Waals surface area contributed by atoms with Crippen molar-refractivity contribution in [1.82, 2.24) is 0 Å². The number of hydrogen-bond acceptors (Lipinski definition) is 4. The fourth-order valence-electron chi connectivity index (χ4n) is 2.64. The average molecular weight is 372 g/mol. The van der Waals surface area contributed by atoms with Gasteiger partial charge in [-0.1, -0.05) is 0 Å². The van der Waals surface area contributed by atoms with Crippen LogP contribution in [-0.2, 0) is 11.3 Å². The Bertz CT molecular complexity index is 805. The highest BCUT2D eigenvalue weighted by Crippen LogP contribution is 2.23. The van der Waals surface area contributed by atoms with Gasteiger partial charge < -0.3 is 25.4 Å². The number of hydrogen-bond donors (Lipinski definition) is 3. The fourth-order valence-corrected chi connectivity index (χ4v) is 2.64. The van der Waals surface area contributed by atoms with Crippen LogP contribution in [0.15, 0.2) is 42.5 Å². The monoisotopic (exact) mass is 372 g/mol. The number of quaternary nitrogens is 1. The van der Waals surface area contributed by atoms with Gasteiger partial charge in [0.2, 0.25) is 5.91 Å². The van der Waals surface area contributed by atoms with E-state index < -0.39 is 5.91 Å². The van der Waals surface area contributed by atoms with Gasteiger partial charge in [-0.15, -0.1) is 0 Å². The van der Waals surface area contributed by atoms with Crippen molar-refractivity contribution in [3.63, 3.8) is 0 Å². The molecule has 2 atom stereocenters. The lowest BCUT2D eigenvalue weighted by molar-refractivity contribution is -0.907. The van der Waals surface area contributed by atoms with Crippen LogP contribution in [0, 0.1) is 0 Å². The van der Waals surface area contributed by atoms with Crippen LogP contribution in [0.4, 0.5) is 5.69 Å². The first-order valence-electron chi connectivity index (χ1n) is 8.59. The molecule has 0 spiro atoms. The molecule has 0 aliphatic carbocycles. The summed E-state index contributed by atoms with van der Waals surface area (Å²) < 4.78 is 10.6. The molecule has 2 amide bonds. The van der Waals surface area contributed by atoms with E-state index in [-0.39, 0.29) is 11.9 Å². The number of nitrogens with two attached hydrogens (primary N) is 1. The molecule has 0 bridgehead atoms. The van der Waals surface area contributed by atoms with E-state index in [1.54, 1.807) is 38.5 Å². The number of benzene rings is 2. The second kappa shape index (κ2) is 9.05. The molecule has 0 fully saturated rings. The molecular weight excluding hydrogens is 346 g/mol. The summed E-state index contributed by atoms with van der Waals surface area (Å²) in [5, 5.41) is 2.86. The van der Waals surface area contributed by atoms with Gasteiger partial charge >= 0.3 is 0 Å². The lowest BCUT2D eigenvalue weighted by atomic mass is 10.1. The Balaban J connectivity index is 2.02. The summed E-state index contributed by atoms with van der Waals surface area (Å²) in [6.45, 7) is 2.47. The largest absolute Gasteiger partial charge is 0.497 e. The molecule has 0 saturated heterocycles. The van der Waals surface area contributed by atoms with E-state index in [0.717, 1.165) is 22.0 Å². The molecule has 7 heteroatoms. The smallest absolute Gasteiger partial charge is 0.282 e. The molecule has 2 rings (SSSR count). The zero-order chi connectivity index (χ0) is 20.0. The number of rotatable bonds is 8. The third-order valence-corrected chi connectivity index (χ3v) is 4.53. The van der Waals surface area contributed by atoms with Gasteiger partial charge in [0.05, 0.1) is 21.3 Å². The Morgan fingerprint density at radius 3 is 2.33 bits per heavy atom. The van der Waals surface area contributed by atoms with Crippen LogP contribution < -0.4 is 25.4 Å². The molecule has 0 heterocycles. The second-order valence-corrected chi connectivity index (χ2v) is 6.35. The molecule has 0 radical (unpaired) electrons. The fraction of sp³-hybridized carbons (Fsp3) is 0.300. The van der Waals surface area contributed by atoms with E-state index in [0.29, 0.717) is 17.8 Å². The van der Waals surface area contributed by atoms with Crippen molar-refractivity contribution in [3.8, 4) is 11.5 Å². The van der Waals surface area contributed by atoms with Crippen molar-refractivity contribution < 1.29 is 24.0 Å². The van der Waals surface area contributed by atoms with Gasteiger partial charge in [-0.3, -0.25) is 9.59 Å². The van der Waals surface area contributed by atoms with E-state index in [4.69, 9.17) is 15.2 Å². The predicted molar refractivity (Wildman–Crippen MR) is 103 cm³/mol. The molecule has 0 aliphatic heterocycles. The van der Waals surface area contributed by atoms with Crippen LogP contribution in [0.5, 0.6) is 11.5 Å². The van der Waals surface area contributed by atoms with Crippen LogP contribution in [0.3, 0.4) is 0 Å². The van der Waals surface area contributed by atoms with Gasteiger partial charge in [0.1, 0.15) is 18.0 Å². The molecule has 144 valence electrons. The number of amides is 2. The highest BCUT2D eigenvalue weighted by molar-refractivity contribution is 5.95. The predicted octanol–water partition coefficient (Wildman–Crippen LogP) is 0.845. The van der Waals surface area contributed by atoms with Crippen molar-refractivity contribution >= 4 is 17.5 Å². The number of nitrogens with one attached hydrogen (secondary N) is 2. The normalized spacial score (nSPS) is 12.7. The first-order valence-corrected chi connectivity index (χ1v) is 8.59. The molecule has 0 saturated carbocycles. The highest BCUT2D eigenvalue weighted by atomic mass is 16.5. The van der Waals surface area contributed by atoms with Crippen LogP contribution >= 0.6 is 0 Å². The third kappa shape index (κ3) is 5.21.